The molecule has 216 valence electrons. The minimum Gasteiger partial charge on any atom is -0.395 e. The second-order valence-corrected chi connectivity index (χ2v) is 10.7. The van der Waals surface area contributed by atoms with Gasteiger partial charge < -0.3 is 24.7 Å². The van der Waals surface area contributed by atoms with Crippen molar-refractivity contribution in [1.29, 1.82) is 0 Å². The Labute approximate surface area is 238 Å². The lowest BCUT2D eigenvalue weighted by Crippen LogP contribution is -2.34. The Morgan fingerprint density at radius 1 is 1.20 bits per heavy atom. The quantitative estimate of drug-likeness (QED) is 0.205. The van der Waals surface area contributed by atoms with Gasteiger partial charge in [0, 0.05) is 61.2 Å². The van der Waals surface area contributed by atoms with Crippen molar-refractivity contribution < 1.29 is 18.8 Å². The van der Waals surface area contributed by atoms with Crippen LogP contribution in [0.3, 0.4) is 0 Å². The van der Waals surface area contributed by atoms with E-state index < -0.39 is 0 Å². The largest absolute Gasteiger partial charge is 0.395 e. The van der Waals surface area contributed by atoms with Crippen LogP contribution >= 0.6 is 0 Å². The maximum Gasteiger partial charge on any atom is 0.229 e. The number of aliphatic hydroxyl groups excluding tert-OH is 1. The third kappa shape index (κ3) is 6.20. The van der Waals surface area contributed by atoms with Crippen molar-refractivity contribution in [2.75, 3.05) is 49.1 Å². The minimum absolute atomic E-state index is 0.0411. The molecule has 1 fully saturated rings. The predicted octanol–water partition coefficient (Wildman–Crippen LogP) is 4.18. The topological polar surface area (TPSA) is 121 Å². The highest BCUT2D eigenvalue weighted by molar-refractivity contribution is 5.99. The summed E-state index contributed by atoms with van der Waals surface area (Å²) >= 11 is 0. The third-order valence-corrected chi connectivity index (χ3v) is 7.56. The van der Waals surface area contributed by atoms with Crippen LogP contribution in [-0.4, -0.2) is 71.0 Å². The predicted molar refractivity (Wildman–Crippen MR) is 156 cm³/mol. The first-order valence-corrected chi connectivity index (χ1v) is 14.1. The van der Waals surface area contributed by atoms with Crippen molar-refractivity contribution in [2.45, 2.75) is 45.4 Å². The van der Waals surface area contributed by atoms with Gasteiger partial charge in [-0.2, -0.15) is 4.98 Å². The van der Waals surface area contributed by atoms with E-state index in [2.05, 4.69) is 30.3 Å². The molecule has 0 unspecified atom stereocenters. The molecule has 2 N–H and O–H groups in total. The molecular weight excluding hydrogens is 525 g/mol. The van der Waals surface area contributed by atoms with Crippen LogP contribution in [0.5, 0.6) is 0 Å². The van der Waals surface area contributed by atoms with Crippen LogP contribution in [0.2, 0.25) is 0 Å². The monoisotopic (exact) mass is 561 g/mol. The Morgan fingerprint density at radius 2 is 2.00 bits per heavy atom. The van der Waals surface area contributed by atoms with E-state index in [1.807, 2.05) is 39.0 Å². The summed E-state index contributed by atoms with van der Waals surface area (Å²) in [4.78, 5) is 29.3. The number of aromatic nitrogens is 4. The molecule has 5 rings (SSSR count). The van der Waals surface area contributed by atoms with E-state index in [4.69, 9.17) is 9.63 Å². The maximum atomic E-state index is 15.1. The van der Waals surface area contributed by atoms with Crippen molar-refractivity contribution in [3.63, 3.8) is 0 Å². The fraction of sp³-hybridized carbons (Fsp3) is 0.433. The van der Waals surface area contributed by atoms with Crippen LogP contribution in [0.1, 0.15) is 55.8 Å². The summed E-state index contributed by atoms with van der Waals surface area (Å²) in [6, 6.07) is 8.71. The molecule has 0 atom stereocenters. The number of piperidine rings is 1. The van der Waals surface area contributed by atoms with Crippen molar-refractivity contribution in [3.8, 4) is 11.1 Å². The average molecular weight is 562 g/mol. The molecule has 1 saturated heterocycles. The van der Waals surface area contributed by atoms with Gasteiger partial charge in [-0.15, -0.1) is 0 Å². The molecule has 0 spiro atoms. The molecule has 0 saturated carbocycles. The molecule has 41 heavy (non-hydrogen) atoms. The van der Waals surface area contributed by atoms with Gasteiger partial charge in [-0.3, -0.25) is 4.79 Å². The van der Waals surface area contributed by atoms with Crippen LogP contribution in [-0.2, 0) is 4.79 Å². The number of benzene rings is 2. The van der Waals surface area contributed by atoms with Gasteiger partial charge in [-0.1, -0.05) is 25.1 Å². The summed E-state index contributed by atoms with van der Waals surface area (Å²) in [6.07, 6.45) is 4.01. The molecule has 0 aliphatic carbocycles. The van der Waals surface area contributed by atoms with E-state index >= 15 is 4.39 Å². The highest BCUT2D eigenvalue weighted by Crippen LogP contribution is 2.36. The lowest BCUT2D eigenvalue weighted by molar-refractivity contribution is -0.107. The standard InChI is InChI=1S/C30H36FN7O3/c1-19(2)30-35-28(36-41-30)21-6-10-37(11-7-21)29-25-16-23(31)15-24(27(25)33-17-34-29)22-4-5-26(20(3)14-22)38(18-40)12-8-32-9-13-39/h4-5,14-19,21,32,39H,6-13H2,1-3H3. The van der Waals surface area contributed by atoms with Crippen molar-refractivity contribution in [1.82, 2.24) is 25.4 Å². The molecule has 1 amide bonds. The summed E-state index contributed by atoms with van der Waals surface area (Å²) in [5, 5.41) is 16.9. The van der Waals surface area contributed by atoms with Crippen LogP contribution in [0, 0.1) is 12.7 Å². The number of aliphatic hydroxyl groups is 1. The fourth-order valence-corrected chi connectivity index (χ4v) is 5.37. The van der Waals surface area contributed by atoms with Crippen LogP contribution in [0.15, 0.2) is 41.2 Å². The normalized spacial score (nSPS) is 14.2. The van der Waals surface area contributed by atoms with Gasteiger partial charge in [0.1, 0.15) is 18.0 Å². The van der Waals surface area contributed by atoms with Crippen LogP contribution in [0.4, 0.5) is 15.9 Å². The number of nitrogens with zero attached hydrogens (tertiary/aromatic N) is 6. The zero-order valence-corrected chi connectivity index (χ0v) is 23.7. The Bertz CT molecular complexity index is 1500. The number of hydrogen-bond donors (Lipinski definition) is 2. The van der Waals surface area contributed by atoms with Crippen LogP contribution in [0.25, 0.3) is 22.0 Å². The van der Waals surface area contributed by atoms with Gasteiger partial charge in [-0.25, -0.2) is 14.4 Å². The number of halogens is 1. The Balaban J connectivity index is 1.39. The second-order valence-electron chi connectivity index (χ2n) is 10.7. The molecule has 2 aromatic carbocycles. The SMILES string of the molecule is Cc1cc(-c2cc(F)cc3c(N4CCC(c5noc(C(C)C)n5)CC4)ncnc23)ccc1N(C=O)CCNCCO. The number of hydrogen-bond acceptors (Lipinski definition) is 9. The molecule has 3 heterocycles. The van der Waals surface area contributed by atoms with E-state index in [9.17, 15) is 4.79 Å². The van der Waals surface area contributed by atoms with Crippen LogP contribution < -0.4 is 15.1 Å². The molecule has 1 aliphatic rings. The van der Waals surface area contributed by atoms with E-state index in [-0.39, 0.29) is 24.3 Å². The number of aryl methyl sites for hydroxylation is 1. The van der Waals surface area contributed by atoms with E-state index in [1.165, 1.54) is 18.5 Å². The van der Waals surface area contributed by atoms with E-state index in [1.54, 1.807) is 4.90 Å². The zero-order valence-electron chi connectivity index (χ0n) is 23.7. The highest BCUT2D eigenvalue weighted by atomic mass is 19.1. The number of rotatable bonds is 11. The number of amides is 1. The van der Waals surface area contributed by atoms with Gasteiger partial charge in [0.25, 0.3) is 0 Å². The van der Waals surface area contributed by atoms with Crippen molar-refractivity contribution in [2.24, 2.45) is 0 Å². The summed E-state index contributed by atoms with van der Waals surface area (Å²) in [7, 11) is 0. The van der Waals surface area contributed by atoms with Gasteiger partial charge >= 0.3 is 0 Å². The Kier molecular flexibility index (Phi) is 8.84. The van der Waals surface area contributed by atoms with Crippen molar-refractivity contribution in [3.05, 3.63) is 59.8 Å². The molecule has 0 radical (unpaired) electrons. The molecule has 4 aromatic rings. The number of fused-ring (bicyclic) bond motifs is 1. The molecule has 11 heteroatoms. The first-order valence-electron chi connectivity index (χ1n) is 14.1. The number of nitrogens with one attached hydrogen (secondary N) is 1. The smallest absolute Gasteiger partial charge is 0.229 e. The Morgan fingerprint density at radius 3 is 2.68 bits per heavy atom. The van der Waals surface area contributed by atoms with Gasteiger partial charge in [0.15, 0.2) is 5.82 Å². The summed E-state index contributed by atoms with van der Waals surface area (Å²) in [6.45, 7) is 8.98. The van der Waals surface area contributed by atoms with E-state index in [0.29, 0.717) is 47.8 Å². The lowest BCUT2D eigenvalue weighted by atomic mass is 9.95. The molecule has 10 nitrogen and oxygen atoms in total. The zero-order chi connectivity index (χ0) is 28.9. The maximum absolute atomic E-state index is 15.1. The number of carbonyl (C=O) groups is 1. The second kappa shape index (κ2) is 12.7. The average Bonchev–Trinajstić information content (AvgIpc) is 3.48. The van der Waals surface area contributed by atoms with E-state index in [0.717, 1.165) is 55.0 Å². The third-order valence-electron chi connectivity index (χ3n) is 7.56. The number of carbonyl (C=O) groups excluding carboxylic acids is 1. The summed E-state index contributed by atoms with van der Waals surface area (Å²) < 4.78 is 20.5. The molecule has 0 bridgehead atoms. The van der Waals surface area contributed by atoms with Crippen molar-refractivity contribution >= 4 is 28.8 Å². The molecule has 2 aromatic heterocycles. The van der Waals surface area contributed by atoms with Gasteiger partial charge in [0.2, 0.25) is 12.3 Å². The number of anilines is 2. The lowest BCUT2D eigenvalue weighted by Gasteiger charge is -2.32. The highest BCUT2D eigenvalue weighted by Gasteiger charge is 2.27. The summed E-state index contributed by atoms with van der Waals surface area (Å²) in [5.41, 5.74) is 3.80. The first kappa shape index (κ1) is 28.6. The fourth-order valence-electron chi connectivity index (χ4n) is 5.37. The first-order chi connectivity index (χ1) is 19.9. The summed E-state index contributed by atoms with van der Waals surface area (Å²) in [5.74, 6) is 2.16. The molecule has 1 aliphatic heterocycles. The Hall–Kier alpha value is -3.96. The van der Waals surface area contributed by atoms with Gasteiger partial charge in [-0.05, 0) is 55.2 Å². The molecular formula is C30H36FN7O3. The van der Waals surface area contributed by atoms with Gasteiger partial charge in [0.05, 0.1) is 12.1 Å². The minimum atomic E-state index is -0.363.